The van der Waals surface area contributed by atoms with Gasteiger partial charge in [0.15, 0.2) is 0 Å². The fraction of sp³-hybridized carbons (Fsp3) is 0.562. The summed E-state index contributed by atoms with van der Waals surface area (Å²) in [6, 6.07) is 8.90. The second-order valence-electron chi connectivity index (χ2n) is 5.61. The van der Waals surface area contributed by atoms with Crippen LogP contribution in [0.3, 0.4) is 0 Å². The molecule has 2 saturated carbocycles. The Morgan fingerprint density at radius 1 is 1.18 bits per heavy atom. The molecule has 3 rings (SSSR count). The molecule has 2 aliphatic carbocycles. The Balaban J connectivity index is 1.59. The SMILES string of the molecule is O=C(CCc1cccc(C2CCC2)c1)C1CC1. The zero-order chi connectivity index (χ0) is 11.7. The van der Waals surface area contributed by atoms with Crippen LogP contribution in [-0.2, 0) is 11.2 Å². The third-order valence-electron chi connectivity index (χ3n) is 4.22. The molecule has 1 nitrogen and oxygen atoms in total. The summed E-state index contributed by atoms with van der Waals surface area (Å²) in [4.78, 5) is 11.7. The summed E-state index contributed by atoms with van der Waals surface area (Å²) < 4.78 is 0. The van der Waals surface area contributed by atoms with E-state index in [4.69, 9.17) is 0 Å². The van der Waals surface area contributed by atoms with Gasteiger partial charge >= 0.3 is 0 Å². The highest BCUT2D eigenvalue weighted by atomic mass is 16.1. The quantitative estimate of drug-likeness (QED) is 0.747. The van der Waals surface area contributed by atoms with E-state index in [0.717, 1.165) is 31.6 Å². The lowest BCUT2D eigenvalue weighted by molar-refractivity contribution is -0.120. The first-order valence-corrected chi connectivity index (χ1v) is 6.94. The van der Waals surface area contributed by atoms with Crippen LogP contribution in [0.4, 0.5) is 0 Å². The van der Waals surface area contributed by atoms with Crippen LogP contribution in [0, 0.1) is 5.92 Å². The molecule has 0 amide bonds. The predicted molar refractivity (Wildman–Crippen MR) is 69.1 cm³/mol. The Kier molecular flexibility index (Phi) is 3.00. The molecule has 0 aromatic heterocycles. The van der Waals surface area contributed by atoms with E-state index in [1.54, 1.807) is 0 Å². The number of benzene rings is 1. The molecule has 1 aromatic rings. The van der Waals surface area contributed by atoms with Gasteiger partial charge in [0.05, 0.1) is 0 Å². The van der Waals surface area contributed by atoms with Gasteiger partial charge in [0.2, 0.25) is 0 Å². The number of carbonyl (C=O) groups is 1. The van der Waals surface area contributed by atoms with Gasteiger partial charge in [-0.1, -0.05) is 30.7 Å². The van der Waals surface area contributed by atoms with E-state index in [9.17, 15) is 4.79 Å². The van der Waals surface area contributed by atoms with Crippen LogP contribution in [0.1, 0.15) is 55.6 Å². The van der Waals surface area contributed by atoms with Gasteiger partial charge in [0.25, 0.3) is 0 Å². The minimum Gasteiger partial charge on any atom is -0.299 e. The third kappa shape index (κ3) is 2.59. The Bertz CT molecular complexity index is 413. The molecule has 0 heterocycles. The monoisotopic (exact) mass is 228 g/mol. The van der Waals surface area contributed by atoms with Crippen LogP contribution in [0.5, 0.6) is 0 Å². The standard InChI is InChI=1S/C16H20O/c17-16(14-8-9-14)10-7-12-3-1-6-15(11-12)13-4-2-5-13/h1,3,6,11,13-14H,2,4-5,7-10H2. The fourth-order valence-corrected chi connectivity index (χ4v) is 2.62. The molecule has 1 aromatic carbocycles. The van der Waals surface area contributed by atoms with Gasteiger partial charge in [-0.2, -0.15) is 0 Å². The molecule has 0 radical (unpaired) electrons. The van der Waals surface area contributed by atoms with E-state index in [2.05, 4.69) is 24.3 Å². The lowest BCUT2D eigenvalue weighted by Gasteiger charge is -2.26. The van der Waals surface area contributed by atoms with Gasteiger partial charge in [-0.15, -0.1) is 0 Å². The van der Waals surface area contributed by atoms with E-state index in [0.29, 0.717) is 11.7 Å². The van der Waals surface area contributed by atoms with Crippen molar-refractivity contribution in [2.75, 3.05) is 0 Å². The molecule has 1 heteroatoms. The Hall–Kier alpha value is -1.11. The third-order valence-corrected chi connectivity index (χ3v) is 4.22. The normalized spacial score (nSPS) is 20.0. The topological polar surface area (TPSA) is 17.1 Å². The first kappa shape index (κ1) is 11.0. The van der Waals surface area contributed by atoms with E-state index in [1.165, 1.54) is 30.4 Å². The summed E-state index contributed by atoms with van der Waals surface area (Å²) in [6.07, 6.45) is 8.06. The van der Waals surface area contributed by atoms with Crippen LogP contribution < -0.4 is 0 Å². The van der Waals surface area contributed by atoms with Crippen molar-refractivity contribution in [3.63, 3.8) is 0 Å². The molecule has 0 bridgehead atoms. The van der Waals surface area contributed by atoms with Gasteiger partial charge in [0, 0.05) is 12.3 Å². The first-order valence-electron chi connectivity index (χ1n) is 6.94. The van der Waals surface area contributed by atoms with Gasteiger partial charge in [-0.3, -0.25) is 4.79 Å². The molecule has 0 unspecified atom stereocenters. The molecule has 17 heavy (non-hydrogen) atoms. The summed E-state index contributed by atoms with van der Waals surface area (Å²) in [5, 5.41) is 0. The lowest BCUT2D eigenvalue weighted by Crippen LogP contribution is -2.09. The van der Waals surface area contributed by atoms with E-state index in [1.807, 2.05) is 0 Å². The van der Waals surface area contributed by atoms with Gasteiger partial charge in [-0.25, -0.2) is 0 Å². The lowest BCUT2D eigenvalue weighted by atomic mass is 9.79. The van der Waals surface area contributed by atoms with Crippen LogP contribution in [0.15, 0.2) is 24.3 Å². The first-order chi connectivity index (χ1) is 8.33. The average Bonchev–Trinajstić information content (AvgIpc) is 3.08. The summed E-state index contributed by atoms with van der Waals surface area (Å²) in [7, 11) is 0. The van der Waals surface area contributed by atoms with Crippen molar-refractivity contribution in [1.82, 2.24) is 0 Å². The minimum absolute atomic E-state index is 0.421. The number of Topliss-reactive ketones (excluding diaryl/α,β-unsaturated/α-hetero) is 1. The number of rotatable bonds is 5. The van der Waals surface area contributed by atoms with E-state index >= 15 is 0 Å². The predicted octanol–water partition coefficient (Wildman–Crippen LogP) is 3.87. The van der Waals surface area contributed by atoms with Crippen LogP contribution in [0.2, 0.25) is 0 Å². The van der Waals surface area contributed by atoms with E-state index in [-0.39, 0.29) is 0 Å². The molecule has 0 saturated heterocycles. The van der Waals surface area contributed by atoms with Crippen LogP contribution in [0.25, 0.3) is 0 Å². The highest BCUT2D eigenvalue weighted by Crippen LogP contribution is 2.36. The number of hydrogen-bond acceptors (Lipinski definition) is 1. The molecule has 2 fully saturated rings. The van der Waals surface area contributed by atoms with Crippen LogP contribution in [-0.4, -0.2) is 5.78 Å². The van der Waals surface area contributed by atoms with E-state index < -0.39 is 0 Å². The maximum absolute atomic E-state index is 11.7. The summed E-state index contributed by atoms with van der Waals surface area (Å²) >= 11 is 0. The van der Waals surface area contributed by atoms with Crippen molar-refractivity contribution in [3.8, 4) is 0 Å². The molecule has 0 atom stereocenters. The molecule has 0 spiro atoms. The Labute approximate surface area is 103 Å². The summed E-state index contributed by atoms with van der Waals surface area (Å²) in [5.74, 6) is 1.71. The van der Waals surface area contributed by atoms with Crippen molar-refractivity contribution in [1.29, 1.82) is 0 Å². The highest BCUT2D eigenvalue weighted by Gasteiger charge is 2.28. The number of ketones is 1. The highest BCUT2D eigenvalue weighted by molar-refractivity contribution is 5.83. The molecule has 2 aliphatic rings. The van der Waals surface area contributed by atoms with Crippen molar-refractivity contribution < 1.29 is 4.79 Å². The average molecular weight is 228 g/mol. The Morgan fingerprint density at radius 2 is 2.00 bits per heavy atom. The number of hydrogen-bond donors (Lipinski definition) is 0. The van der Waals surface area contributed by atoms with Gasteiger partial charge in [-0.05, 0) is 49.1 Å². The molecule has 0 aliphatic heterocycles. The maximum atomic E-state index is 11.7. The molecular weight excluding hydrogens is 208 g/mol. The molecule has 0 N–H and O–H groups in total. The van der Waals surface area contributed by atoms with Crippen LogP contribution >= 0.6 is 0 Å². The summed E-state index contributed by atoms with van der Waals surface area (Å²) in [5.41, 5.74) is 2.84. The minimum atomic E-state index is 0.421. The zero-order valence-corrected chi connectivity index (χ0v) is 10.3. The fourth-order valence-electron chi connectivity index (χ4n) is 2.62. The van der Waals surface area contributed by atoms with Crippen molar-refractivity contribution >= 4 is 5.78 Å². The van der Waals surface area contributed by atoms with Gasteiger partial charge in [0.1, 0.15) is 5.78 Å². The zero-order valence-electron chi connectivity index (χ0n) is 10.3. The summed E-state index contributed by atoms with van der Waals surface area (Å²) in [6.45, 7) is 0. The van der Waals surface area contributed by atoms with Crippen molar-refractivity contribution in [2.24, 2.45) is 5.92 Å². The smallest absolute Gasteiger partial charge is 0.136 e. The number of carbonyl (C=O) groups excluding carboxylic acids is 1. The largest absolute Gasteiger partial charge is 0.299 e. The van der Waals surface area contributed by atoms with Gasteiger partial charge < -0.3 is 0 Å². The molecular formula is C16H20O. The second-order valence-corrected chi connectivity index (χ2v) is 5.61. The number of aryl methyl sites for hydroxylation is 1. The second kappa shape index (κ2) is 4.64. The van der Waals surface area contributed by atoms with Crippen molar-refractivity contribution in [2.45, 2.75) is 50.9 Å². The van der Waals surface area contributed by atoms with Crippen molar-refractivity contribution in [3.05, 3.63) is 35.4 Å². The molecule has 90 valence electrons. The maximum Gasteiger partial charge on any atom is 0.136 e. The Morgan fingerprint density at radius 3 is 2.65 bits per heavy atom.